The Morgan fingerprint density at radius 1 is 1.27 bits per heavy atom. The van der Waals surface area contributed by atoms with Crippen molar-refractivity contribution in [3.05, 3.63) is 34.9 Å². The first-order valence-electron chi connectivity index (χ1n) is 8.37. The van der Waals surface area contributed by atoms with E-state index in [0.29, 0.717) is 17.7 Å². The standard InChI is InChI=1S/C18H20N2O5S/c1-25-18(24)14(7-8-26-2)19-15(21)10-3-6-12-13(9-10)17(23)20(16(12)22)11-4-5-11/h3,6,9,11,14H,4-5,7-8H2,1-2H3,(H,19,21)/t14-/m1/s1. The van der Waals surface area contributed by atoms with Crippen molar-refractivity contribution in [1.29, 1.82) is 0 Å². The zero-order chi connectivity index (χ0) is 18.8. The summed E-state index contributed by atoms with van der Waals surface area (Å²) in [6.45, 7) is 0. The molecule has 0 spiro atoms. The minimum absolute atomic E-state index is 0.0186. The van der Waals surface area contributed by atoms with Crippen LogP contribution in [0.1, 0.15) is 50.3 Å². The molecule has 26 heavy (non-hydrogen) atoms. The lowest BCUT2D eigenvalue weighted by Gasteiger charge is -2.16. The van der Waals surface area contributed by atoms with Gasteiger partial charge in [0.05, 0.1) is 18.2 Å². The molecule has 0 saturated heterocycles. The molecule has 0 radical (unpaired) electrons. The van der Waals surface area contributed by atoms with E-state index in [0.717, 1.165) is 12.8 Å². The van der Waals surface area contributed by atoms with Gasteiger partial charge in [-0.3, -0.25) is 19.3 Å². The van der Waals surface area contributed by atoms with Crippen LogP contribution in [0.4, 0.5) is 0 Å². The van der Waals surface area contributed by atoms with Crippen molar-refractivity contribution in [2.24, 2.45) is 0 Å². The van der Waals surface area contributed by atoms with Crippen molar-refractivity contribution in [2.75, 3.05) is 19.1 Å². The number of benzene rings is 1. The Morgan fingerprint density at radius 3 is 2.58 bits per heavy atom. The smallest absolute Gasteiger partial charge is 0.328 e. The molecule has 1 fully saturated rings. The molecule has 2 aliphatic rings. The van der Waals surface area contributed by atoms with E-state index in [2.05, 4.69) is 5.32 Å². The number of fused-ring (bicyclic) bond motifs is 1. The first-order valence-corrected chi connectivity index (χ1v) is 9.77. The molecule has 1 saturated carbocycles. The van der Waals surface area contributed by atoms with E-state index in [-0.39, 0.29) is 29.0 Å². The third-order valence-electron chi connectivity index (χ3n) is 4.49. The molecule has 3 amide bonds. The summed E-state index contributed by atoms with van der Waals surface area (Å²) < 4.78 is 4.73. The molecule has 1 aromatic carbocycles. The molecule has 7 nitrogen and oxygen atoms in total. The SMILES string of the molecule is COC(=O)[C@@H](CCSC)NC(=O)c1ccc2c(c1)C(=O)N(C1CC1)C2=O. The van der Waals surface area contributed by atoms with Gasteiger partial charge >= 0.3 is 5.97 Å². The van der Waals surface area contributed by atoms with Crippen LogP contribution in [0.15, 0.2) is 18.2 Å². The lowest BCUT2D eigenvalue weighted by atomic mass is 10.0. The average Bonchev–Trinajstić information content (AvgIpc) is 3.45. The Balaban J connectivity index is 1.78. The summed E-state index contributed by atoms with van der Waals surface area (Å²) in [4.78, 5) is 50.5. The second-order valence-electron chi connectivity index (χ2n) is 6.30. The van der Waals surface area contributed by atoms with E-state index >= 15 is 0 Å². The number of nitrogens with zero attached hydrogens (tertiary/aromatic N) is 1. The van der Waals surface area contributed by atoms with E-state index in [9.17, 15) is 19.2 Å². The first-order chi connectivity index (χ1) is 12.5. The number of methoxy groups -OCH3 is 1. The first kappa shape index (κ1) is 18.4. The summed E-state index contributed by atoms with van der Waals surface area (Å²) in [6, 6.07) is 3.65. The largest absolute Gasteiger partial charge is 0.467 e. The highest BCUT2D eigenvalue weighted by Gasteiger charge is 2.44. The van der Waals surface area contributed by atoms with Gasteiger partial charge in [0.25, 0.3) is 17.7 Å². The van der Waals surface area contributed by atoms with Gasteiger partial charge in [-0.2, -0.15) is 11.8 Å². The van der Waals surface area contributed by atoms with Crippen molar-refractivity contribution in [2.45, 2.75) is 31.3 Å². The number of carbonyl (C=O) groups excluding carboxylic acids is 4. The zero-order valence-corrected chi connectivity index (χ0v) is 15.4. The number of ether oxygens (including phenoxy) is 1. The minimum atomic E-state index is -0.756. The number of hydrogen-bond donors (Lipinski definition) is 1. The van der Waals surface area contributed by atoms with Crippen LogP contribution < -0.4 is 5.32 Å². The number of esters is 1. The van der Waals surface area contributed by atoms with E-state index in [4.69, 9.17) is 4.74 Å². The van der Waals surface area contributed by atoms with Gasteiger partial charge in [0.15, 0.2) is 0 Å². The summed E-state index contributed by atoms with van der Waals surface area (Å²) in [6.07, 6.45) is 4.01. The number of nitrogens with one attached hydrogen (secondary N) is 1. The second kappa shape index (κ2) is 7.49. The molecule has 138 valence electrons. The third-order valence-corrected chi connectivity index (χ3v) is 5.14. The van der Waals surface area contributed by atoms with Gasteiger partial charge in [0.1, 0.15) is 6.04 Å². The van der Waals surface area contributed by atoms with Gasteiger partial charge in [-0.25, -0.2) is 4.79 Å². The summed E-state index contributed by atoms with van der Waals surface area (Å²) in [5.41, 5.74) is 0.805. The summed E-state index contributed by atoms with van der Waals surface area (Å²) in [7, 11) is 1.27. The van der Waals surface area contributed by atoms with E-state index in [1.54, 1.807) is 11.8 Å². The molecule has 1 aromatic rings. The fourth-order valence-corrected chi connectivity index (χ4v) is 3.40. The Hall–Kier alpha value is -2.35. The van der Waals surface area contributed by atoms with Gasteiger partial charge < -0.3 is 10.1 Å². The number of carbonyl (C=O) groups is 4. The predicted molar refractivity (Wildman–Crippen MR) is 96.2 cm³/mol. The van der Waals surface area contributed by atoms with Crippen molar-refractivity contribution >= 4 is 35.5 Å². The van der Waals surface area contributed by atoms with Gasteiger partial charge in [-0.15, -0.1) is 0 Å². The highest BCUT2D eigenvalue weighted by Crippen LogP contribution is 2.34. The molecule has 3 rings (SSSR count). The summed E-state index contributed by atoms with van der Waals surface area (Å²) in [5.74, 6) is -0.955. The van der Waals surface area contributed by atoms with Crippen LogP contribution in [0, 0.1) is 0 Å². The quantitative estimate of drug-likeness (QED) is 0.572. The maximum absolute atomic E-state index is 12.5. The maximum Gasteiger partial charge on any atom is 0.328 e. The van der Waals surface area contributed by atoms with Crippen molar-refractivity contribution < 1.29 is 23.9 Å². The highest BCUT2D eigenvalue weighted by atomic mass is 32.2. The van der Waals surface area contributed by atoms with Gasteiger partial charge in [-0.05, 0) is 49.5 Å². The van der Waals surface area contributed by atoms with Crippen LogP contribution in [0.25, 0.3) is 0 Å². The fraction of sp³-hybridized carbons (Fsp3) is 0.444. The molecule has 0 aromatic heterocycles. The van der Waals surface area contributed by atoms with Crippen molar-refractivity contribution in [3.8, 4) is 0 Å². The molecular weight excluding hydrogens is 356 g/mol. The average molecular weight is 376 g/mol. The number of rotatable bonds is 7. The Morgan fingerprint density at radius 2 is 1.96 bits per heavy atom. The Kier molecular flexibility index (Phi) is 5.31. The highest BCUT2D eigenvalue weighted by molar-refractivity contribution is 7.98. The van der Waals surface area contributed by atoms with Crippen LogP contribution in [-0.4, -0.2) is 59.8 Å². The number of hydrogen-bond acceptors (Lipinski definition) is 6. The lowest BCUT2D eigenvalue weighted by molar-refractivity contribution is -0.142. The van der Waals surface area contributed by atoms with E-state index in [1.165, 1.54) is 30.2 Å². The minimum Gasteiger partial charge on any atom is -0.467 e. The molecule has 1 aliphatic heterocycles. The molecule has 1 atom stereocenters. The summed E-state index contributed by atoms with van der Waals surface area (Å²) >= 11 is 1.56. The monoisotopic (exact) mass is 376 g/mol. The molecule has 1 N–H and O–H groups in total. The molecule has 8 heteroatoms. The zero-order valence-electron chi connectivity index (χ0n) is 14.6. The number of thioether (sulfide) groups is 1. The van der Waals surface area contributed by atoms with Gasteiger partial charge in [0.2, 0.25) is 0 Å². The van der Waals surface area contributed by atoms with E-state index in [1.807, 2.05) is 6.26 Å². The Bertz CT molecular complexity index is 775. The van der Waals surface area contributed by atoms with Gasteiger partial charge in [-0.1, -0.05) is 0 Å². The van der Waals surface area contributed by atoms with Crippen LogP contribution in [-0.2, 0) is 9.53 Å². The van der Waals surface area contributed by atoms with Crippen LogP contribution >= 0.6 is 11.8 Å². The second-order valence-corrected chi connectivity index (χ2v) is 7.29. The molecule has 1 heterocycles. The lowest BCUT2D eigenvalue weighted by Crippen LogP contribution is -2.42. The third kappa shape index (κ3) is 3.46. The van der Waals surface area contributed by atoms with Crippen LogP contribution in [0.3, 0.4) is 0 Å². The Labute approximate surface area is 155 Å². The molecular formula is C18H20N2O5S. The topological polar surface area (TPSA) is 92.8 Å². The number of imide groups is 1. The number of amides is 3. The van der Waals surface area contributed by atoms with Gasteiger partial charge in [0, 0.05) is 11.6 Å². The molecule has 1 aliphatic carbocycles. The van der Waals surface area contributed by atoms with Crippen molar-refractivity contribution in [3.63, 3.8) is 0 Å². The van der Waals surface area contributed by atoms with Crippen molar-refractivity contribution in [1.82, 2.24) is 10.2 Å². The normalized spacial score (nSPS) is 17.1. The van der Waals surface area contributed by atoms with Crippen LogP contribution in [0.5, 0.6) is 0 Å². The van der Waals surface area contributed by atoms with Crippen LogP contribution in [0.2, 0.25) is 0 Å². The maximum atomic E-state index is 12.5. The summed E-state index contributed by atoms with van der Waals surface area (Å²) in [5, 5.41) is 2.65. The van der Waals surface area contributed by atoms with E-state index < -0.39 is 17.9 Å². The molecule has 0 bridgehead atoms. The molecule has 0 unspecified atom stereocenters. The fourth-order valence-electron chi connectivity index (χ4n) is 2.93. The predicted octanol–water partition coefficient (Wildman–Crippen LogP) is 1.47.